The minimum Gasteiger partial charge on any atom is -0.496 e. The summed E-state index contributed by atoms with van der Waals surface area (Å²) < 4.78 is 10.2. The predicted molar refractivity (Wildman–Crippen MR) is 78.0 cm³/mol. The van der Waals surface area contributed by atoms with E-state index in [1.54, 1.807) is 20.1 Å². The fourth-order valence-corrected chi connectivity index (χ4v) is 2.10. The van der Waals surface area contributed by atoms with Gasteiger partial charge < -0.3 is 14.6 Å². The van der Waals surface area contributed by atoms with Crippen molar-refractivity contribution in [3.05, 3.63) is 28.8 Å². The maximum absolute atomic E-state index is 11.7. The van der Waals surface area contributed by atoms with Gasteiger partial charge >= 0.3 is 5.97 Å². The van der Waals surface area contributed by atoms with Crippen LogP contribution in [-0.4, -0.2) is 24.8 Å². The van der Waals surface area contributed by atoms with Crippen molar-refractivity contribution in [1.82, 2.24) is 0 Å². The molecule has 0 radical (unpaired) electrons. The van der Waals surface area contributed by atoms with Crippen molar-refractivity contribution in [3.63, 3.8) is 0 Å². The molecule has 0 aliphatic heterocycles. The Morgan fingerprint density at radius 2 is 1.95 bits per heavy atom. The molecule has 0 spiro atoms. The van der Waals surface area contributed by atoms with E-state index in [0.29, 0.717) is 11.3 Å². The first-order valence-corrected chi connectivity index (χ1v) is 6.76. The normalized spacial score (nSPS) is 12.9. The van der Waals surface area contributed by atoms with Gasteiger partial charge in [-0.15, -0.1) is 0 Å². The Morgan fingerprint density at radius 1 is 1.35 bits per heavy atom. The van der Waals surface area contributed by atoms with Gasteiger partial charge in [0.2, 0.25) is 0 Å². The van der Waals surface area contributed by atoms with Crippen LogP contribution >= 0.6 is 0 Å². The van der Waals surface area contributed by atoms with Crippen LogP contribution in [0.3, 0.4) is 0 Å². The Labute approximate surface area is 120 Å². The zero-order chi connectivity index (χ0) is 15.5. The van der Waals surface area contributed by atoms with Crippen LogP contribution in [0.1, 0.15) is 50.5 Å². The molecule has 4 nitrogen and oxygen atoms in total. The van der Waals surface area contributed by atoms with E-state index in [2.05, 4.69) is 20.8 Å². The van der Waals surface area contributed by atoms with Crippen LogP contribution in [0.5, 0.6) is 5.75 Å². The number of hydrogen-bond acceptors (Lipinski definition) is 4. The number of hydrogen-bond donors (Lipinski definition) is 1. The third-order valence-corrected chi connectivity index (χ3v) is 3.20. The molecule has 1 atom stereocenters. The van der Waals surface area contributed by atoms with E-state index in [9.17, 15) is 9.90 Å². The summed E-state index contributed by atoms with van der Waals surface area (Å²) in [6, 6.07) is 3.67. The van der Waals surface area contributed by atoms with Crippen molar-refractivity contribution >= 4 is 5.97 Å². The number of benzene rings is 1. The Bertz CT molecular complexity index is 486. The molecular weight excluding hydrogens is 256 g/mol. The van der Waals surface area contributed by atoms with Crippen LogP contribution in [0.4, 0.5) is 0 Å². The molecule has 0 bridgehead atoms. The second-order valence-corrected chi connectivity index (χ2v) is 5.81. The smallest absolute Gasteiger partial charge is 0.339 e. The fraction of sp³-hybridized carbons (Fsp3) is 0.562. The SMILES string of the molecule is CCOC(=O)C(O)c1cc(OC)c(C(C)(C)C)cc1C. The van der Waals surface area contributed by atoms with Gasteiger partial charge in [0, 0.05) is 0 Å². The summed E-state index contributed by atoms with van der Waals surface area (Å²) in [6.45, 7) is 10.1. The molecule has 0 saturated carbocycles. The number of carbonyl (C=O) groups excluding carboxylic acids is 1. The van der Waals surface area contributed by atoms with Crippen LogP contribution in [0.15, 0.2) is 12.1 Å². The number of esters is 1. The van der Waals surface area contributed by atoms with Gasteiger partial charge in [-0.25, -0.2) is 4.79 Å². The van der Waals surface area contributed by atoms with Gasteiger partial charge in [0.25, 0.3) is 0 Å². The van der Waals surface area contributed by atoms with Crippen LogP contribution in [0, 0.1) is 6.92 Å². The molecule has 0 fully saturated rings. The van der Waals surface area contributed by atoms with E-state index in [4.69, 9.17) is 9.47 Å². The highest BCUT2D eigenvalue weighted by atomic mass is 16.5. The third kappa shape index (κ3) is 3.51. The summed E-state index contributed by atoms with van der Waals surface area (Å²) in [4.78, 5) is 11.7. The van der Waals surface area contributed by atoms with Gasteiger partial charge in [-0.05, 0) is 42.0 Å². The summed E-state index contributed by atoms with van der Waals surface area (Å²) >= 11 is 0. The molecule has 20 heavy (non-hydrogen) atoms. The molecule has 4 heteroatoms. The second-order valence-electron chi connectivity index (χ2n) is 5.81. The first-order chi connectivity index (χ1) is 9.22. The van der Waals surface area contributed by atoms with E-state index in [1.807, 2.05) is 13.0 Å². The number of methoxy groups -OCH3 is 1. The first-order valence-electron chi connectivity index (χ1n) is 6.76. The quantitative estimate of drug-likeness (QED) is 0.862. The Kier molecular flexibility index (Phi) is 5.17. The molecule has 0 amide bonds. The van der Waals surface area contributed by atoms with Gasteiger partial charge in [-0.2, -0.15) is 0 Å². The number of ether oxygens (including phenoxy) is 2. The zero-order valence-corrected chi connectivity index (χ0v) is 13.1. The Balaban J connectivity index is 3.27. The lowest BCUT2D eigenvalue weighted by molar-refractivity contribution is -0.153. The largest absolute Gasteiger partial charge is 0.496 e. The maximum atomic E-state index is 11.7. The number of rotatable bonds is 4. The van der Waals surface area contributed by atoms with Crippen molar-refractivity contribution in [2.45, 2.75) is 46.1 Å². The maximum Gasteiger partial charge on any atom is 0.339 e. The van der Waals surface area contributed by atoms with E-state index in [0.717, 1.165) is 11.1 Å². The van der Waals surface area contributed by atoms with E-state index >= 15 is 0 Å². The molecule has 1 unspecified atom stereocenters. The van der Waals surface area contributed by atoms with Gasteiger partial charge in [0.15, 0.2) is 6.10 Å². The Hall–Kier alpha value is -1.55. The van der Waals surface area contributed by atoms with Crippen molar-refractivity contribution in [1.29, 1.82) is 0 Å². The van der Waals surface area contributed by atoms with Crippen molar-refractivity contribution < 1.29 is 19.4 Å². The number of aliphatic hydroxyl groups is 1. The molecule has 0 aliphatic rings. The lowest BCUT2D eigenvalue weighted by Gasteiger charge is -2.24. The molecule has 1 N–H and O–H groups in total. The first kappa shape index (κ1) is 16.5. The highest BCUT2D eigenvalue weighted by Crippen LogP contribution is 2.35. The zero-order valence-electron chi connectivity index (χ0n) is 13.1. The van der Waals surface area contributed by atoms with Crippen LogP contribution < -0.4 is 4.74 Å². The highest BCUT2D eigenvalue weighted by molar-refractivity contribution is 5.77. The van der Waals surface area contributed by atoms with Crippen LogP contribution in [0.25, 0.3) is 0 Å². The molecule has 1 aromatic carbocycles. The summed E-state index contributed by atoms with van der Waals surface area (Å²) in [5.74, 6) is 0.0302. The monoisotopic (exact) mass is 280 g/mol. The Morgan fingerprint density at radius 3 is 2.40 bits per heavy atom. The van der Waals surface area contributed by atoms with Gasteiger partial charge in [-0.3, -0.25) is 0 Å². The van der Waals surface area contributed by atoms with Gasteiger partial charge in [0.05, 0.1) is 13.7 Å². The molecule has 112 valence electrons. The second kappa shape index (κ2) is 6.27. The average molecular weight is 280 g/mol. The lowest BCUT2D eigenvalue weighted by atomic mass is 9.84. The fourth-order valence-electron chi connectivity index (χ4n) is 2.10. The number of aliphatic hydroxyl groups excluding tert-OH is 1. The molecule has 0 heterocycles. The van der Waals surface area contributed by atoms with Crippen LogP contribution in [0.2, 0.25) is 0 Å². The summed E-state index contributed by atoms with van der Waals surface area (Å²) in [6.07, 6.45) is -1.28. The predicted octanol–water partition coefficient (Wildman–Crippen LogP) is 2.90. The molecule has 1 rings (SSSR count). The minimum absolute atomic E-state index is 0.0798. The lowest BCUT2D eigenvalue weighted by Crippen LogP contribution is -2.18. The van der Waals surface area contributed by atoms with E-state index in [-0.39, 0.29) is 12.0 Å². The molecule has 0 aromatic heterocycles. The average Bonchev–Trinajstić information content (AvgIpc) is 2.36. The number of aryl methyl sites for hydroxylation is 1. The summed E-state index contributed by atoms with van der Waals surface area (Å²) in [7, 11) is 1.58. The molecular formula is C16H24O4. The van der Waals surface area contributed by atoms with E-state index in [1.165, 1.54) is 0 Å². The third-order valence-electron chi connectivity index (χ3n) is 3.20. The van der Waals surface area contributed by atoms with Crippen molar-refractivity contribution in [2.75, 3.05) is 13.7 Å². The van der Waals surface area contributed by atoms with Crippen molar-refractivity contribution in [3.8, 4) is 5.75 Å². The number of carbonyl (C=O) groups is 1. The van der Waals surface area contributed by atoms with Gasteiger partial charge in [-0.1, -0.05) is 26.8 Å². The van der Waals surface area contributed by atoms with Gasteiger partial charge in [0.1, 0.15) is 5.75 Å². The highest BCUT2D eigenvalue weighted by Gasteiger charge is 2.25. The molecule has 0 saturated heterocycles. The van der Waals surface area contributed by atoms with Crippen molar-refractivity contribution in [2.24, 2.45) is 0 Å². The van der Waals surface area contributed by atoms with Crippen LogP contribution in [-0.2, 0) is 14.9 Å². The molecule has 1 aromatic rings. The molecule has 0 aliphatic carbocycles. The van der Waals surface area contributed by atoms with E-state index < -0.39 is 12.1 Å². The minimum atomic E-state index is -1.28. The summed E-state index contributed by atoms with van der Waals surface area (Å²) in [5.41, 5.74) is 2.32. The standard InChI is InChI=1S/C16H24O4/c1-7-20-15(18)14(17)11-9-13(19-6)12(8-10(11)2)16(3,4)5/h8-9,14,17H,7H2,1-6H3. The topological polar surface area (TPSA) is 55.8 Å². The summed E-state index contributed by atoms with van der Waals surface area (Å²) in [5, 5.41) is 10.1.